The van der Waals surface area contributed by atoms with E-state index in [9.17, 15) is 0 Å². The van der Waals surface area contributed by atoms with Crippen LogP contribution in [0.5, 0.6) is 0 Å². The van der Waals surface area contributed by atoms with Gasteiger partial charge in [0.05, 0.1) is 11.6 Å². The first-order chi connectivity index (χ1) is 10.3. The van der Waals surface area contributed by atoms with Crippen molar-refractivity contribution in [2.75, 3.05) is 11.4 Å². The summed E-state index contributed by atoms with van der Waals surface area (Å²) in [5, 5.41) is 2.05. The second-order valence-electron chi connectivity index (χ2n) is 5.46. The van der Waals surface area contributed by atoms with Crippen molar-refractivity contribution in [2.45, 2.75) is 25.6 Å². The molecule has 0 saturated heterocycles. The van der Waals surface area contributed by atoms with Crippen molar-refractivity contribution < 1.29 is 0 Å². The van der Waals surface area contributed by atoms with Crippen LogP contribution in [0.2, 0.25) is 0 Å². The van der Waals surface area contributed by atoms with E-state index in [1.165, 1.54) is 16.8 Å². The molecule has 0 fully saturated rings. The average molecular weight is 318 g/mol. The van der Waals surface area contributed by atoms with E-state index in [2.05, 4.69) is 39.8 Å². The van der Waals surface area contributed by atoms with Crippen LogP contribution in [0.3, 0.4) is 0 Å². The summed E-state index contributed by atoms with van der Waals surface area (Å²) in [5.41, 5.74) is 5.10. The number of thiazole rings is 1. The molecule has 5 heteroatoms. The molecule has 0 amide bonds. The number of aromatic nitrogens is 2. The summed E-state index contributed by atoms with van der Waals surface area (Å²) in [4.78, 5) is 8.15. The fourth-order valence-corrected chi connectivity index (χ4v) is 4.08. The minimum atomic E-state index is 0.477. The van der Waals surface area contributed by atoms with Gasteiger partial charge < -0.3 is 4.90 Å². The molecule has 1 aliphatic heterocycles. The third-order valence-corrected chi connectivity index (χ3v) is 5.09. The highest BCUT2D eigenvalue weighted by molar-refractivity contribution is 7.15. The Morgan fingerprint density at radius 2 is 2.29 bits per heavy atom. The van der Waals surface area contributed by atoms with E-state index in [-0.39, 0.29) is 0 Å². The summed E-state index contributed by atoms with van der Waals surface area (Å²) in [6.45, 7) is 3.15. The highest BCUT2D eigenvalue weighted by Crippen LogP contribution is 2.36. The minimum absolute atomic E-state index is 0.477. The summed E-state index contributed by atoms with van der Waals surface area (Å²) in [6, 6.07) is 6.69. The molecule has 1 aliphatic rings. The molecule has 3 nitrogen and oxygen atoms in total. The lowest BCUT2D eigenvalue weighted by atomic mass is 9.99. The quantitative estimate of drug-likeness (QED) is 0.647. The number of rotatable bonds is 2. The zero-order valence-corrected chi connectivity index (χ0v) is 13.4. The normalized spacial score (nSPS) is 14.7. The molecule has 3 heterocycles. The van der Waals surface area contributed by atoms with Crippen LogP contribution in [0.4, 0.5) is 11.5 Å². The first-order valence-electron chi connectivity index (χ1n) is 7.15. The Balaban J connectivity index is 1.88. The lowest BCUT2D eigenvalue weighted by Crippen LogP contribution is -2.25. The number of aryl methyl sites for hydroxylation is 2. The monoisotopic (exact) mass is 317 g/mol. The number of hydrogen-bond acceptors (Lipinski definition) is 3. The Labute approximate surface area is 132 Å². The molecular formula is C16H16ClN3S. The van der Waals surface area contributed by atoms with E-state index in [1.807, 2.05) is 6.20 Å². The van der Waals surface area contributed by atoms with Crippen LogP contribution in [0.1, 0.15) is 23.2 Å². The number of nitrogens with zero attached hydrogens (tertiary/aromatic N) is 3. The van der Waals surface area contributed by atoms with Crippen LogP contribution in [-0.2, 0) is 12.3 Å². The van der Waals surface area contributed by atoms with Crippen molar-refractivity contribution in [3.63, 3.8) is 0 Å². The Kier molecular flexibility index (Phi) is 3.16. The summed E-state index contributed by atoms with van der Waals surface area (Å²) in [5.74, 6) is 1.49. The molecule has 3 aromatic rings. The predicted molar refractivity (Wildman–Crippen MR) is 89.1 cm³/mol. The van der Waals surface area contributed by atoms with E-state index < -0.39 is 0 Å². The molecule has 0 spiro atoms. The van der Waals surface area contributed by atoms with Crippen LogP contribution < -0.4 is 4.90 Å². The summed E-state index contributed by atoms with van der Waals surface area (Å²) in [7, 11) is 0. The van der Waals surface area contributed by atoms with Gasteiger partial charge in [-0.3, -0.25) is 4.40 Å². The first kappa shape index (κ1) is 13.2. The highest BCUT2D eigenvalue weighted by atomic mass is 35.5. The third-order valence-electron chi connectivity index (χ3n) is 4.08. The van der Waals surface area contributed by atoms with Gasteiger partial charge >= 0.3 is 0 Å². The Morgan fingerprint density at radius 1 is 1.38 bits per heavy atom. The van der Waals surface area contributed by atoms with Crippen molar-refractivity contribution in [2.24, 2.45) is 0 Å². The van der Waals surface area contributed by atoms with Gasteiger partial charge in [-0.15, -0.1) is 22.9 Å². The number of fused-ring (bicyclic) bond motifs is 2. The zero-order valence-electron chi connectivity index (χ0n) is 11.8. The van der Waals surface area contributed by atoms with Crippen molar-refractivity contribution >= 4 is 39.4 Å². The number of halogens is 1. The maximum absolute atomic E-state index is 6.20. The second kappa shape index (κ2) is 5.04. The van der Waals surface area contributed by atoms with E-state index in [1.54, 1.807) is 11.3 Å². The molecule has 1 aromatic carbocycles. The molecule has 0 saturated carbocycles. The van der Waals surface area contributed by atoms with Crippen LogP contribution >= 0.6 is 22.9 Å². The number of hydrogen-bond donors (Lipinski definition) is 0. The molecule has 0 atom stereocenters. The molecule has 4 rings (SSSR count). The summed E-state index contributed by atoms with van der Waals surface area (Å²) < 4.78 is 2.11. The lowest BCUT2D eigenvalue weighted by Gasteiger charge is -2.30. The van der Waals surface area contributed by atoms with Gasteiger partial charge in [-0.2, -0.15) is 0 Å². The Bertz CT molecular complexity index is 805. The number of benzene rings is 1. The molecule has 108 valence electrons. The molecule has 0 aliphatic carbocycles. The first-order valence-corrected chi connectivity index (χ1v) is 8.57. The van der Waals surface area contributed by atoms with E-state index in [0.717, 1.165) is 35.9 Å². The summed E-state index contributed by atoms with van der Waals surface area (Å²) >= 11 is 7.85. The van der Waals surface area contributed by atoms with Crippen LogP contribution in [0, 0.1) is 6.92 Å². The van der Waals surface area contributed by atoms with E-state index in [0.29, 0.717) is 5.88 Å². The molecule has 2 aromatic heterocycles. The van der Waals surface area contributed by atoms with Crippen molar-refractivity contribution in [3.05, 3.63) is 46.6 Å². The van der Waals surface area contributed by atoms with Gasteiger partial charge in [0.15, 0.2) is 10.8 Å². The van der Waals surface area contributed by atoms with Crippen LogP contribution in [0.15, 0.2) is 29.8 Å². The maximum atomic E-state index is 6.20. The van der Waals surface area contributed by atoms with Crippen molar-refractivity contribution in [1.29, 1.82) is 0 Å². The number of imidazole rings is 1. The molecule has 21 heavy (non-hydrogen) atoms. The van der Waals surface area contributed by atoms with Crippen molar-refractivity contribution in [3.8, 4) is 0 Å². The molecule has 0 N–H and O–H groups in total. The van der Waals surface area contributed by atoms with Crippen LogP contribution in [0.25, 0.3) is 4.96 Å². The van der Waals surface area contributed by atoms with Gasteiger partial charge in [0, 0.05) is 23.8 Å². The Morgan fingerprint density at radius 3 is 3.14 bits per heavy atom. The third kappa shape index (κ3) is 2.05. The van der Waals surface area contributed by atoms with E-state index >= 15 is 0 Å². The number of alkyl halides is 1. The molecule has 0 bridgehead atoms. The molecular weight excluding hydrogens is 302 g/mol. The second-order valence-corrected chi connectivity index (χ2v) is 6.60. The van der Waals surface area contributed by atoms with Crippen molar-refractivity contribution in [1.82, 2.24) is 9.38 Å². The fourth-order valence-electron chi connectivity index (χ4n) is 3.11. The SMILES string of the molecule is Cc1ccc2c(c1)CCCN2c1nc2sccn2c1CCl. The molecule has 0 unspecified atom stereocenters. The zero-order chi connectivity index (χ0) is 14.4. The maximum Gasteiger partial charge on any atom is 0.195 e. The predicted octanol–water partition coefficient (Wildman–Crippen LogP) is 4.53. The lowest BCUT2D eigenvalue weighted by molar-refractivity contribution is 0.758. The number of anilines is 2. The van der Waals surface area contributed by atoms with Gasteiger partial charge in [-0.05, 0) is 31.4 Å². The fraction of sp³-hybridized carbons (Fsp3) is 0.312. The topological polar surface area (TPSA) is 20.5 Å². The average Bonchev–Trinajstić information content (AvgIpc) is 3.06. The smallest absolute Gasteiger partial charge is 0.195 e. The van der Waals surface area contributed by atoms with Gasteiger partial charge in [0.25, 0.3) is 0 Å². The van der Waals surface area contributed by atoms with Gasteiger partial charge in [-0.25, -0.2) is 4.98 Å². The van der Waals surface area contributed by atoms with Gasteiger partial charge in [0.2, 0.25) is 0 Å². The highest BCUT2D eigenvalue weighted by Gasteiger charge is 2.24. The summed E-state index contributed by atoms with van der Waals surface area (Å²) in [6.07, 6.45) is 4.35. The van der Waals surface area contributed by atoms with Gasteiger partial charge in [-0.1, -0.05) is 17.7 Å². The largest absolute Gasteiger partial charge is 0.325 e. The van der Waals surface area contributed by atoms with Crippen LogP contribution in [-0.4, -0.2) is 15.9 Å². The minimum Gasteiger partial charge on any atom is -0.325 e. The standard InChI is InChI=1S/C16H16ClN3S/c1-11-4-5-13-12(9-11)3-2-6-19(13)15-14(10-17)20-7-8-21-16(20)18-15/h4-5,7-9H,2-3,6,10H2,1H3. The Hall–Kier alpha value is -1.52. The van der Waals surface area contributed by atoms with Gasteiger partial charge in [0.1, 0.15) is 0 Å². The van der Waals surface area contributed by atoms with E-state index in [4.69, 9.17) is 16.6 Å². The molecule has 0 radical (unpaired) electrons.